The van der Waals surface area contributed by atoms with Crippen molar-refractivity contribution < 1.29 is 4.74 Å². The Morgan fingerprint density at radius 3 is 2.79 bits per heavy atom. The van der Waals surface area contributed by atoms with Crippen molar-refractivity contribution in [3.05, 3.63) is 27.1 Å². The molecule has 0 saturated heterocycles. The molecule has 1 heterocycles. The van der Waals surface area contributed by atoms with E-state index in [9.17, 15) is 0 Å². The first-order valence-corrected chi connectivity index (χ1v) is 7.03. The predicted molar refractivity (Wildman–Crippen MR) is 80.5 cm³/mol. The highest BCUT2D eigenvalue weighted by molar-refractivity contribution is 9.11. The zero-order chi connectivity index (χ0) is 13.8. The van der Waals surface area contributed by atoms with E-state index in [1.165, 1.54) is 0 Å². The number of anilines is 3. The van der Waals surface area contributed by atoms with E-state index in [0.717, 1.165) is 14.6 Å². The highest BCUT2D eigenvalue weighted by atomic mass is 79.9. The Morgan fingerprint density at radius 2 is 2.05 bits per heavy atom. The summed E-state index contributed by atoms with van der Waals surface area (Å²) in [6.45, 7) is 2.31. The Bertz CT molecular complexity index is 593. The second-order valence-electron chi connectivity index (χ2n) is 3.48. The van der Waals surface area contributed by atoms with E-state index in [4.69, 9.17) is 10.5 Å². The molecule has 100 valence electrons. The van der Waals surface area contributed by atoms with Crippen molar-refractivity contribution in [1.82, 2.24) is 15.0 Å². The molecule has 0 saturated carbocycles. The van der Waals surface area contributed by atoms with Crippen LogP contribution in [0.5, 0.6) is 6.01 Å². The van der Waals surface area contributed by atoms with E-state index in [0.29, 0.717) is 12.6 Å². The minimum Gasteiger partial charge on any atom is -0.464 e. The fourth-order valence-corrected chi connectivity index (χ4v) is 2.04. The van der Waals surface area contributed by atoms with E-state index in [1.54, 1.807) is 0 Å². The second-order valence-corrected chi connectivity index (χ2v) is 5.25. The van der Waals surface area contributed by atoms with Gasteiger partial charge in [0.05, 0.1) is 12.3 Å². The molecule has 0 aliphatic carbocycles. The number of rotatable bonds is 4. The minimum absolute atomic E-state index is 0.104. The number of nitrogens with one attached hydrogen (secondary N) is 1. The number of hydrogen-bond acceptors (Lipinski definition) is 6. The molecule has 1 aromatic carbocycles. The summed E-state index contributed by atoms with van der Waals surface area (Å²) in [5.41, 5.74) is 6.42. The molecule has 0 bridgehead atoms. The van der Waals surface area contributed by atoms with Gasteiger partial charge < -0.3 is 15.8 Å². The number of nitrogen functional groups attached to an aromatic ring is 1. The summed E-state index contributed by atoms with van der Waals surface area (Å²) in [6.07, 6.45) is 0. The third-order valence-corrected chi connectivity index (χ3v) is 3.27. The standard InChI is InChI=1S/C11H11Br2N5O/c1-2-19-11-17-9(14)16-10(18-11)15-8-5-6(12)3-4-7(8)13/h3-5H,2H2,1H3,(H3,14,15,16,17,18). The van der Waals surface area contributed by atoms with Crippen LogP contribution in [0.15, 0.2) is 27.1 Å². The molecule has 3 N–H and O–H groups in total. The van der Waals surface area contributed by atoms with E-state index < -0.39 is 0 Å². The maximum absolute atomic E-state index is 5.61. The molecule has 0 fully saturated rings. The lowest BCUT2D eigenvalue weighted by Gasteiger charge is -2.09. The minimum atomic E-state index is 0.104. The Balaban J connectivity index is 2.29. The van der Waals surface area contributed by atoms with Gasteiger partial charge in [0, 0.05) is 8.95 Å². The molecule has 0 amide bonds. The van der Waals surface area contributed by atoms with Crippen molar-refractivity contribution in [2.24, 2.45) is 0 Å². The predicted octanol–water partition coefficient (Wildman–Crippen LogP) is 3.12. The average Bonchev–Trinajstić information content (AvgIpc) is 2.33. The van der Waals surface area contributed by atoms with Gasteiger partial charge in [0.2, 0.25) is 11.9 Å². The Morgan fingerprint density at radius 1 is 1.26 bits per heavy atom. The van der Waals surface area contributed by atoms with Gasteiger partial charge >= 0.3 is 6.01 Å². The lowest BCUT2D eigenvalue weighted by Crippen LogP contribution is -2.06. The first-order chi connectivity index (χ1) is 9.08. The monoisotopic (exact) mass is 387 g/mol. The Labute approximate surface area is 127 Å². The molecule has 0 unspecified atom stereocenters. The summed E-state index contributed by atoms with van der Waals surface area (Å²) in [5, 5.41) is 3.05. The van der Waals surface area contributed by atoms with Gasteiger partial charge in [-0.15, -0.1) is 0 Å². The Kier molecular flexibility index (Phi) is 4.54. The zero-order valence-electron chi connectivity index (χ0n) is 10.0. The van der Waals surface area contributed by atoms with Gasteiger partial charge in [-0.3, -0.25) is 0 Å². The molecular formula is C11H11Br2N5O. The molecule has 19 heavy (non-hydrogen) atoms. The summed E-state index contributed by atoms with van der Waals surface area (Å²) < 4.78 is 7.03. The van der Waals surface area contributed by atoms with Crippen molar-refractivity contribution in [3.63, 3.8) is 0 Å². The van der Waals surface area contributed by atoms with Crippen molar-refractivity contribution in [1.29, 1.82) is 0 Å². The SMILES string of the molecule is CCOc1nc(N)nc(Nc2cc(Br)ccc2Br)n1. The number of halogens is 2. The smallest absolute Gasteiger partial charge is 0.323 e. The van der Waals surface area contributed by atoms with Crippen LogP contribution in [0.3, 0.4) is 0 Å². The average molecular weight is 389 g/mol. The maximum atomic E-state index is 5.61. The van der Waals surface area contributed by atoms with Gasteiger partial charge in [0.15, 0.2) is 0 Å². The lowest BCUT2D eigenvalue weighted by molar-refractivity contribution is 0.312. The fourth-order valence-electron chi connectivity index (χ4n) is 1.34. The van der Waals surface area contributed by atoms with Gasteiger partial charge in [-0.2, -0.15) is 15.0 Å². The molecular weight excluding hydrogens is 378 g/mol. The lowest BCUT2D eigenvalue weighted by atomic mass is 10.3. The zero-order valence-corrected chi connectivity index (χ0v) is 13.2. The molecule has 2 aromatic rings. The molecule has 0 aliphatic heterocycles. The second kappa shape index (κ2) is 6.16. The topological polar surface area (TPSA) is 86.0 Å². The quantitative estimate of drug-likeness (QED) is 0.836. The number of hydrogen-bond donors (Lipinski definition) is 2. The van der Waals surface area contributed by atoms with Crippen LogP contribution in [0.25, 0.3) is 0 Å². The number of nitrogens with two attached hydrogens (primary N) is 1. The van der Waals surface area contributed by atoms with Crippen molar-refractivity contribution in [3.8, 4) is 6.01 Å². The highest BCUT2D eigenvalue weighted by Gasteiger charge is 2.07. The summed E-state index contributed by atoms with van der Waals surface area (Å²) in [4.78, 5) is 12.0. The van der Waals surface area contributed by atoms with Crippen molar-refractivity contribution in [2.75, 3.05) is 17.7 Å². The highest BCUT2D eigenvalue weighted by Crippen LogP contribution is 2.28. The third kappa shape index (κ3) is 3.77. The van der Waals surface area contributed by atoms with Crippen LogP contribution >= 0.6 is 31.9 Å². The first kappa shape index (κ1) is 14.0. The molecule has 0 spiro atoms. The molecule has 6 nitrogen and oxygen atoms in total. The number of nitrogens with zero attached hydrogens (tertiary/aromatic N) is 3. The maximum Gasteiger partial charge on any atom is 0.323 e. The largest absolute Gasteiger partial charge is 0.464 e. The van der Waals surface area contributed by atoms with Crippen LogP contribution in [0.2, 0.25) is 0 Å². The molecule has 8 heteroatoms. The van der Waals surface area contributed by atoms with E-state index in [-0.39, 0.29) is 12.0 Å². The molecule has 2 rings (SSSR count). The van der Waals surface area contributed by atoms with Crippen LogP contribution in [-0.2, 0) is 0 Å². The van der Waals surface area contributed by atoms with Crippen LogP contribution in [0.4, 0.5) is 17.6 Å². The van der Waals surface area contributed by atoms with Gasteiger partial charge in [-0.1, -0.05) is 15.9 Å². The van der Waals surface area contributed by atoms with Gasteiger partial charge in [0.1, 0.15) is 0 Å². The molecule has 0 aliphatic rings. The number of benzene rings is 1. The molecule has 0 atom stereocenters. The van der Waals surface area contributed by atoms with Crippen LogP contribution in [0, 0.1) is 0 Å². The van der Waals surface area contributed by atoms with Crippen LogP contribution < -0.4 is 15.8 Å². The fraction of sp³-hybridized carbons (Fsp3) is 0.182. The summed E-state index contributed by atoms with van der Waals surface area (Å²) in [6, 6.07) is 5.91. The van der Waals surface area contributed by atoms with Crippen LogP contribution in [0.1, 0.15) is 6.92 Å². The summed E-state index contributed by atoms with van der Waals surface area (Å²) in [5.74, 6) is 0.432. The van der Waals surface area contributed by atoms with E-state index >= 15 is 0 Å². The molecule has 0 radical (unpaired) electrons. The Hall–Kier alpha value is -1.41. The number of ether oxygens (including phenoxy) is 1. The normalized spacial score (nSPS) is 10.3. The molecule has 1 aromatic heterocycles. The third-order valence-electron chi connectivity index (χ3n) is 2.08. The van der Waals surface area contributed by atoms with Crippen molar-refractivity contribution >= 4 is 49.4 Å². The first-order valence-electron chi connectivity index (χ1n) is 5.45. The van der Waals surface area contributed by atoms with E-state index in [2.05, 4.69) is 52.1 Å². The van der Waals surface area contributed by atoms with Gasteiger partial charge in [-0.25, -0.2) is 0 Å². The van der Waals surface area contributed by atoms with Crippen molar-refractivity contribution in [2.45, 2.75) is 6.92 Å². The number of aromatic nitrogens is 3. The van der Waals surface area contributed by atoms with E-state index in [1.807, 2.05) is 25.1 Å². The van der Waals surface area contributed by atoms with Gasteiger partial charge in [-0.05, 0) is 41.1 Å². The van der Waals surface area contributed by atoms with Crippen LogP contribution in [-0.4, -0.2) is 21.6 Å². The summed E-state index contributed by atoms with van der Waals surface area (Å²) in [7, 11) is 0. The van der Waals surface area contributed by atoms with Gasteiger partial charge in [0.25, 0.3) is 0 Å². The summed E-state index contributed by atoms with van der Waals surface area (Å²) >= 11 is 6.84.